The van der Waals surface area contributed by atoms with Gasteiger partial charge in [-0.2, -0.15) is 0 Å². The van der Waals surface area contributed by atoms with Crippen LogP contribution in [-0.4, -0.2) is 30.3 Å². The number of carbonyl (C=O) groups excluding carboxylic acids is 1. The summed E-state index contributed by atoms with van der Waals surface area (Å²) in [5.74, 6) is 1.07. The van der Waals surface area contributed by atoms with Gasteiger partial charge in [-0.1, -0.05) is 26.0 Å². The molecule has 2 nitrogen and oxygen atoms in total. The highest BCUT2D eigenvalue weighted by Gasteiger charge is 2.22. The predicted molar refractivity (Wildman–Crippen MR) is 79.3 cm³/mol. The molecule has 1 aliphatic rings. The van der Waals surface area contributed by atoms with Crippen LogP contribution in [0, 0.1) is 17.7 Å². The Balaban J connectivity index is 1.79. The second-order valence-corrected chi connectivity index (χ2v) is 6.08. The number of halogens is 1. The Bertz CT molecular complexity index is 450. The summed E-state index contributed by atoms with van der Waals surface area (Å²) in [6.07, 6.45) is 2.84. The maximum absolute atomic E-state index is 13.5. The van der Waals surface area contributed by atoms with Crippen molar-refractivity contribution < 1.29 is 9.18 Å². The van der Waals surface area contributed by atoms with E-state index in [-0.39, 0.29) is 11.3 Å². The van der Waals surface area contributed by atoms with E-state index in [1.165, 1.54) is 18.9 Å². The van der Waals surface area contributed by atoms with Gasteiger partial charge in [-0.15, -0.1) is 0 Å². The van der Waals surface area contributed by atoms with Gasteiger partial charge in [0, 0.05) is 13.0 Å². The van der Waals surface area contributed by atoms with Crippen LogP contribution < -0.4 is 0 Å². The number of likely N-dealkylation sites (tertiary alicyclic amines) is 1. The topological polar surface area (TPSA) is 20.3 Å². The molecule has 110 valence electrons. The number of hydrogen-bond acceptors (Lipinski definition) is 2. The predicted octanol–water partition coefficient (Wildman–Crippen LogP) is 3.77. The molecule has 0 atom stereocenters. The van der Waals surface area contributed by atoms with Crippen molar-refractivity contribution in [2.45, 2.75) is 33.1 Å². The van der Waals surface area contributed by atoms with Gasteiger partial charge in [0.25, 0.3) is 0 Å². The van der Waals surface area contributed by atoms with Gasteiger partial charge in [-0.05, 0) is 49.9 Å². The van der Waals surface area contributed by atoms with Crippen molar-refractivity contribution in [2.75, 3.05) is 19.6 Å². The summed E-state index contributed by atoms with van der Waals surface area (Å²) in [6.45, 7) is 7.43. The Morgan fingerprint density at radius 2 is 1.95 bits per heavy atom. The SMILES string of the molecule is CC(C)C1CCN(CCC(=O)c2ccccc2F)CC1. The van der Waals surface area contributed by atoms with E-state index in [0.717, 1.165) is 31.5 Å². The van der Waals surface area contributed by atoms with Gasteiger partial charge in [-0.25, -0.2) is 4.39 Å². The average Bonchev–Trinajstić information content (AvgIpc) is 2.45. The van der Waals surface area contributed by atoms with Crippen LogP contribution in [0.5, 0.6) is 0 Å². The van der Waals surface area contributed by atoms with Crippen LogP contribution >= 0.6 is 0 Å². The van der Waals surface area contributed by atoms with E-state index < -0.39 is 5.82 Å². The Morgan fingerprint density at radius 3 is 2.55 bits per heavy atom. The summed E-state index contributed by atoms with van der Waals surface area (Å²) < 4.78 is 13.5. The lowest BCUT2D eigenvalue weighted by atomic mass is 9.86. The second kappa shape index (κ2) is 6.98. The molecule has 1 heterocycles. The van der Waals surface area contributed by atoms with E-state index in [4.69, 9.17) is 0 Å². The minimum absolute atomic E-state index is 0.0888. The van der Waals surface area contributed by atoms with Crippen molar-refractivity contribution in [3.63, 3.8) is 0 Å². The van der Waals surface area contributed by atoms with Crippen LogP contribution in [0.25, 0.3) is 0 Å². The number of nitrogens with zero attached hydrogens (tertiary/aromatic N) is 1. The first-order valence-corrected chi connectivity index (χ1v) is 7.58. The molecule has 1 aromatic carbocycles. The van der Waals surface area contributed by atoms with Gasteiger partial charge < -0.3 is 4.90 Å². The van der Waals surface area contributed by atoms with Crippen molar-refractivity contribution in [2.24, 2.45) is 11.8 Å². The lowest BCUT2D eigenvalue weighted by molar-refractivity contribution is 0.0939. The van der Waals surface area contributed by atoms with E-state index in [1.54, 1.807) is 18.2 Å². The molecule has 0 unspecified atom stereocenters. The molecule has 2 rings (SSSR count). The van der Waals surface area contributed by atoms with Crippen LogP contribution in [-0.2, 0) is 0 Å². The highest BCUT2D eigenvalue weighted by molar-refractivity contribution is 5.96. The lowest BCUT2D eigenvalue weighted by Crippen LogP contribution is -2.36. The molecule has 0 aliphatic carbocycles. The number of ketones is 1. The van der Waals surface area contributed by atoms with E-state index in [9.17, 15) is 9.18 Å². The quantitative estimate of drug-likeness (QED) is 0.764. The zero-order valence-corrected chi connectivity index (χ0v) is 12.4. The molecule has 20 heavy (non-hydrogen) atoms. The zero-order valence-electron chi connectivity index (χ0n) is 12.4. The summed E-state index contributed by atoms with van der Waals surface area (Å²) in [6, 6.07) is 6.25. The Hall–Kier alpha value is -1.22. The van der Waals surface area contributed by atoms with Crippen LogP contribution in [0.2, 0.25) is 0 Å². The monoisotopic (exact) mass is 277 g/mol. The normalized spacial score (nSPS) is 17.6. The first-order valence-electron chi connectivity index (χ1n) is 7.58. The number of Topliss-reactive ketones (excluding diaryl/α,β-unsaturated/α-hetero) is 1. The van der Waals surface area contributed by atoms with E-state index in [0.29, 0.717) is 6.42 Å². The molecule has 0 radical (unpaired) electrons. The van der Waals surface area contributed by atoms with Gasteiger partial charge in [-0.3, -0.25) is 4.79 Å². The van der Waals surface area contributed by atoms with Crippen LogP contribution in [0.15, 0.2) is 24.3 Å². The lowest BCUT2D eigenvalue weighted by Gasteiger charge is -2.33. The number of piperidine rings is 1. The van der Waals surface area contributed by atoms with Gasteiger partial charge >= 0.3 is 0 Å². The summed E-state index contributed by atoms with van der Waals surface area (Å²) >= 11 is 0. The maximum atomic E-state index is 13.5. The van der Waals surface area contributed by atoms with Crippen molar-refractivity contribution in [1.82, 2.24) is 4.90 Å². The molecule has 0 spiro atoms. The molecule has 1 saturated heterocycles. The number of carbonyl (C=O) groups is 1. The second-order valence-electron chi connectivity index (χ2n) is 6.08. The average molecular weight is 277 g/mol. The first-order chi connectivity index (χ1) is 9.58. The molecule has 0 amide bonds. The van der Waals surface area contributed by atoms with Crippen molar-refractivity contribution in [1.29, 1.82) is 0 Å². The van der Waals surface area contributed by atoms with Gasteiger partial charge in [0.15, 0.2) is 5.78 Å². The minimum atomic E-state index is -0.406. The summed E-state index contributed by atoms with van der Waals surface area (Å²) in [7, 11) is 0. The highest BCUT2D eigenvalue weighted by Crippen LogP contribution is 2.24. The first kappa shape index (κ1) is 15.2. The fourth-order valence-electron chi connectivity index (χ4n) is 2.92. The minimum Gasteiger partial charge on any atom is -0.303 e. The summed E-state index contributed by atoms with van der Waals surface area (Å²) in [5, 5.41) is 0. The van der Waals surface area contributed by atoms with Crippen LogP contribution in [0.3, 0.4) is 0 Å². The Kier molecular flexibility index (Phi) is 5.30. The standard InChI is InChI=1S/C17H24FNO/c1-13(2)14-7-10-19(11-8-14)12-9-17(20)15-5-3-4-6-16(15)18/h3-6,13-14H,7-12H2,1-2H3. The number of hydrogen-bond donors (Lipinski definition) is 0. The fraction of sp³-hybridized carbons (Fsp3) is 0.588. The Labute approximate surface area is 121 Å². The number of rotatable bonds is 5. The molecule has 0 saturated carbocycles. The molecule has 0 aromatic heterocycles. The van der Waals surface area contributed by atoms with Crippen molar-refractivity contribution in [3.8, 4) is 0 Å². The maximum Gasteiger partial charge on any atom is 0.167 e. The van der Waals surface area contributed by atoms with E-state index in [2.05, 4.69) is 18.7 Å². The van der Waals surface area contributed by atoms with Crippen LogP contribution in [0.1, 0.15) is 43.5 Å². The fourth-order valence-corrected chi connectivity index (χ4v) is 2.92. The molecule has 0 N–H and O–H groups in total. The molecule has 0 bridgehead atoms. The van der Waals surface area contributed by atoms with Gasteiger partial charge in [0.1, 0.15) is 5.82 Å². The van der Waals surface area contributed by atoms with Gasteiger partial charge in [0.2, 0.25) is 0 Å². The molecule has 1 fully saturated rings. The molecular weight excluding hydrogens is 253 g/mol. The number of benzene rings is 1. The molecule has 3 heteroatoms. The highest BCUT2D eigenvalue weighted by atomic mass is 19.1. The van der Waals surface area contributed by atoms with Crippen molar-refractivity contribution >= 4 is 5.78 Å². The third kappa shape index (κ3) is 3.89. The zero-order chi connectivity index (χ0) is 14.5. The summed E-state index contributed by atoms with van der Waals surface area (Å²) in [4.78, 5) is 14.3. The molecular formula is C17H24FNO. The third-order valence-electron chi connectivity index (χ3n) is 4.40. The smallest absolute Gasteiger partial charge is 0.167 e. The summed E-state index contributed by atoms with van der Waals surface area (Å²) in [5.41, 5.74) is 0.226. The van der Waals surface area contributed by atoms with E-state index in [1.807, 2.05) is 0 Å². The van der Waals surface area contributed by atoms with E-state index >= 15 is 0 Å². The molecule has 1 aliphatic heterocycles. The molecule has 1 aromatic rings. The third-order valence-corrected chi connectivity index (χ3v) is 4.40. The Morgan fingerprint density at radius 1 is 1.30 bits per heavy atom. The van der Waals surface area contributed by atoms with Crippen molar-refractivity contribution in [3.05, 3.63) is 35.6 Å². The van der Waals surface area contributed by atoms with Crippen LogP contribution in [0.4, 0.5) is 4.39 Å². The van der Waals surface area contributed by atoms with Gasteiger partial charge in [0.05, 0.1) is 5.56 Å². The largest absolute Gasteiger partial charge is 0.303 e.